The van der Waals surface area contributed by atoms with E-state index in [2.05, 4.69) is 18.8 Å². The molecule has 16 heavy (non-hydrogen) atoms. The van der Waals surface area contributed by atoms with Crippen LogP contribution in [0.25, 0.3) is 0 Å². The van der Waals surface area contributed by atoms with Gasteiger partial charge in [0.2, 0.25) is 0 Å². The van der Waals surface area contributed by atoms with Crippen LogP contribution < -0.4 is 5.32 Å². The van der Waals surface area contributed by atoms with Crippen molar-refractivity contribution >= 4 is 23.2 Å². The SMILES string of the molecule is C=CCC(NCCC)c1c(Cl)cccc1Cl. The maximum absolute atomic E-state index is 6.18. The summed E-state index contributed by atoms with van der Waals surface area (Å²) in [6.45, 7) is 6.84. The van der Waals surface area contributed by atoms with Crippen molar-refractivity contribution in [3.8, 4) is 0 Å². The highest BCUT2D eigenvalue weighted by Crippen LogP contribution is 2.32. The first-order valence-corrected chi connectivity index (χ1v) is 6.24. The molecule has 1 nitrogen and oxygen atoms in total. The molecule has 1 N–H and O–H groups in total. The van der Waals surface area contributed by atoms with Gasteiger partial charge in [0.1, 0.15) is 0 Å². The molecule has 1 unspecified atom stereocenters. The average molecular weight is 258 g/mol. The molecular formula is C13H17Cl2N. The lowest BCUT2D eigenvalue weighted by Gasteiger charge is -2.19. The van der Waals surface area contributed by atoms with Crippen LogP contribution >= 0.6 is 23.2 Å². The van der Waals surface area contributed by atoms with Crippen molar-refractivity contribution in [3.05, 3.63) is 46.5 Å². The molecule has 88 valence electrons. The lowest BCUT2D eigenvalue weighted by atomic mass is 10.0. The third-order valence-corrected chi connectivity index (χ3v) is 3.05. The molecule has 0 radical (unpaired) electrons. The van der Waals surface area contributed by atoms with E-state index in [9.17, 15) is 0 Å². The predicted molar refractivity (Wildman–Crippen MR) is 72.3 cm³/mol. The van der Waals surface area contributed by atoms with Crippen molar-refractivity contribution in [2.45, 2.75) is 25.8 Å². The molecule has 0 fully saturated rings. The largest absolute Gasteiger partial charge is 0.310 e. The van der Waals surface area contributed by atoms with Crippen molar-refractivity contribution in [2.75, 3.05) is 6.54 Å². The zero-order valence-corrected chi connectivity index (χ0v) is 11.0. The minimum absolute atomic E-state index is 0.152. The smallest absolute Gasteiger partial charge is 0.0468 e. The van der Waals surface area contributed by atoms with E-state index in [1.807, 2.05) is 24.3 Å². The summed E-state index contributed by atoms with van der Waals surface area (Å²) in [5.41, 5.74) is 0.971. The second kappa shape index (κ2) is 6.95. The topological polar surface area (TPSA) is 12.0 Å². The normalized spacial score (nSPS) is 12.4. The van der Waals surface area contributed by atoms with Gasteiger partial charge in [-0.15, -0.1) is 6.58 Å². The molecule has 0 amide bonds. The zero-order chi connectivity index (χ0) is 12.0. The van der Waals surface area contributed by atoms with Crippen LogP contribution in [0.1, 0.15) is 31.4 Å². The summed E-state index contributed by atoms with van der Waals surface area (Å²) < 4.78 is 0. The lowest BCUT2D eigenvalue weighted by Crippen LogP contribution is -2.22. The van der Waals surface area contributed by atoms with Crippen molar-refractivity contribution in [1.29, 1.82) is 0 Å². The number of hydrogen-bond donors (Lipinski definition) is 1. The Morgan fingerprint density at radius 1 is 1.38 bits per heavy atom. The molecule has 1 aromatic carbocycles. The van der Waals surface area contributed by atoms with Gasteiger partial charge in [-0.1, -0.05) is 42.3 Å². The van der Waals surface area contributed by atoms with Crippen molar-refractivity contribution < 1.29 is 0 Å². The molecule has 0 aliphatic heterocycles. The van der Waals surface area contributed by atoms with Crippen LogP contribution in [0.5, 0.6) is 0 Å². The fourth-order valence-corrected chi connectivity index (χ4v) is 2.29. The van der Waals surface area contributed by atoms with Crippen LogP contribution in [0.2, 0.25) is 10.0 Å². The second-order valence-electron chi connectivity index (χ2n) is 3.67. The van der Waals surface area contributed by atoms with E-state index < -0.39 is 0 Å². The van der Waals surface area contributed by atoms with Gasteiger partial charge in [0, 0.05) is 21.7 Å². The van der Waals surface area contributed by atoms with Crippen molar-refractivity contribution in [1.82, 2.24) is 5.32 Å². The Kier molecular flexibility index (Phi) is 5.89. The summed E-state index contributed by atoms with van der Waals surface area (Å²) in [4.78, 5) is 0. The standard InChI is InChI=1S/C13H17Cl2N/c1-3-6-12(16-9-4-2)13-10(14)7-5-8-11(13)15/h3,5,7-8,12,16H,1,4,6,9H2,2H3. The minimum Gasteiger partial charge on any atom is -0.310 e. The minimum atomic E-state index is 0.152. The maximum Gasteiger partial charge on any atom is 0.0468 e. The van der Waals surface area contributed by atoms with Crippen LogP contribution in [0.3, 0.4) is 0 Å². The fraction of sp³-hybridized carbons (Fsp3) is 0.385. The van der Waals surface area contributed by atoms with Gasteiger partial charge in [0.05, 0.1) is 0 Å². The molecule has 1 aromatic rings. The highest BCUT2D eigenvalue weighted by atomic mass is 35.5. The van der Waals surface area contributed by atoms with Gasteiger partial charge in [-0.2, -0.15) is 0 Å². The Bertz CT molecular complexity index is 330. The third-order valence-electron chi connectivity index (χ3n) is 2.39. The average Bonchev–Trinajstić information content (AvgIpc) is 2.25. The summed E-state index contributed by atoms with van der Waals surface area (Å²) in [5, 5.41) is 4.85. The molecule has 0 saturated heterocycles. The number of nitrogens with one attached hydrogen (secondary N) is 1. The molecule has 0 spiro atoms. The van der Waals surface area contributed by atoms with Crippen LogP contribution in [0.4, 0.5) is 0 Å². The second-order valence-corrected chi connectivity index (χ2v) is 4.48. The quantitative estimate of drug-likeness (QED) is 0.734. The van der Waals surface area contributed by atoms with Crippen LogP contribution in [-0.4, -0.2) is 6.54 Å². The number of halogens is 2. The Hall–Kier alpha value is -0.500. The molecule has 0 bridgehead atoms. The molecule has 0 aliphatic rings. The van der Waals surface area contributed by atoms with E-state index >= 15 is 0 Å². The van der Waals surface area contributed by atoms with Gasteiger partial charge in [0.15, 0.2) is 0 Å². The van der Waals surface area contributed by atoms with Crippen LogP contribution in [0, 0.1) is 0 Å². The Labute approximate surface area is 107 Å². The van der Waals surface area contributed by atoms with Gasteiger partial charge in [0.25, 0.3) is 0 Å². The first kappa shape index (κ1) is 13.6. The van der Waals surface area contributed by atoms with Gasteiger partial charge < -0.3 is 5.32 Å². The summed E-state index contributed by atoms with van der Waals surface area (Å²) >= 11 is 12.4. The summed E-state index contributed by atoms with van der Waals surface area (Å²) in [6, 6.07) is 5.75. The van der Waals surface area contributed by atoms with Crippen molar-refractivity contribution in [2.24, 2.45) is 0 Å². The monoisotopic (exact) mass is 257 g/mol. The molecular weight excluding hydrogens is 241 g/mol. The predicted octanol–water partition coefficient (Wildman–Crippen LogP) is 4.61. The summed E-state index contributed by atoms with van der Waals surface area (Å²) in [5.74, 6) is 0. The van der Waals surface area contributed by atoms with E-state index in [1.165, 1.54) is 0 Å². The molecule has 0 saturated carbocycles. The number of benzene rings is 1. The van der Waals surface area contributed by atoms with Gasteiger partial charge in [-0.3, -0.25) is 0 Å². The zero-order valence-electron chi connectivity index (χ0n) is 9.47. The number of hydrogen-bond acceptors (Lipinski definition) is 1. The molecule has 1 rings (SSSR count). The van der Waals surface area contributed by atoms with Crippen LogP contribution in [-0.2, 0) is 0 Å². The highest BCUT2D eigenvalue weighted by Gasteiger charge is 2.15. The van der Waals surface area contributed by atoms with Gasteiger partial charge in [-0.25, -0.2) is 0 Å². The van der Waals surface area contributed by atoms with Crippen LogP contribution in [0.15, 0.2) is 30.9 Å². The third kappa shape index (κ3) is 3.51. The van der Waals surface area contributed by atoms with E-state index in [0.717, 1.165) is 24.9 Å². The van der Waals surface area contributed by atoms with E-state index in [1.54, 1.807) is 0 Å². The Morgan fingerprint density at radius 2 is 2.00 bits per heavy atom. The number of rotatable bonds is 6. The first-order valence-electron chi connectivity index (χ1n) is 5.48. The van der Waals surface area contributed by atoms with E-state index in [-0.39, 0.29) is 6.04 Å². The lowest BCUT2D eigenvalue weighted by molar-refractivity contribution is 0.537. The highest BCUT2D eigenvalue weighted by molar-refractivity contribution is 6.36. The molecule has 1 atom stereocenters. The molecule has 0 aromatic heterocycles. The van der Waals surface area contributed by atoms with E-state index in [4.69, 9.17) is 23.2 Å². The van der Waals surface area contributed by atoms with Crippen molar-refractivity contribution in [3.63, 3.8) is 0 Å². The fourth-order valence-electron chi connectivity index (χ4n) is 1.63. The van der Waals surface area contributed by atoms with E-state index in [0.29, 0.717) is 10.0 Å². The summed E-state index contributed by atoms with van der Waals surface area (Å²) in [6.07, 6.45) is 3.78. The Morgan fingerprint density at radius 3 is 2.50 bits per heavy atom. The van der Waals surface area contributed by atoms with Gasteiger partial charge >= 0.3 is 0 Å². The molecule has 0 aliphatic carbocycles. The molecule has 3 heteroatoms. The van der Waals surface area contributed by atoms with Gasteiger partial charge in [-0.05, 0) is 31.5 Å². The Balaban J connectivity index is 2.94. The summed E-state index contributed by atoms with van der Waals surface area (Å²) in [7, 11) is 0. The first-order chi connectivity index (χ1) is 7.70. The molecule has 0 heterocycles. The maximum atomic E-state index is 6.18.